The van der Waals surface area contributed by atoms with E-state index in [9.17, 15) is 19.8 Å². The summed E-state index contributed by atoms with van der Waals surface area (Å²) in [6, 6.07) is 0. The third-order valence-corrected chi connectivity index (χ3v) is 11.4. The maximum absolute atomic E-state index is 13.0. The molecule has 0 spiro atoms. The van der Waals surface area contributed by atoms with E-state index in [1.807, 2.05) is 0 Å². The molecule has 55 heavy (non-hydrogen) atoms. The predicted molar refractivity (Wildman–Crippen MR) is 233 cm³/mol. The van der Waals surface area contributed by atoms with E-state index >= 15 is 0 Å². The second-order valence-corrected chi connectivity index (χ2v) is 16.8. The molecule has 0 rings (SSSR count). The highest BCUT2D eigenvalue weighted by atomic mass is 16.5. The molecule has 0 aliphatic heterocycles. The zero-order valence-corrected chi connectivity index (χ0v) is 37.3. The minimum atomic E-state index is -0.408. The van der Waals surface area contributed by atoms with Gasteiger partial charge in [-0.3, -0.25) is 9.59 Å². The Kier molecular flexibility index (Phi) is 41.5. The van der Waals surface area contributed by atoms with Gasteiger partial charge in [0, 0.05) is 13.2 Å². The first-order valence-electron chi connectivity index (χ1n) is 24.3. The Morgan fingerprint density at radius 1 is 0.436 bits per heavy atom. The zero-order chi connectivity index (χ0) is 40.5. The fourth-order valence-corrected chi connectivity index (χ4v) is 7.72. The Morgan fingerprint density at radius 2 is 0.764 bits per heavy atom. The number of hydrogen-bond donors (Lipinski definition) is 2. The molecule has 7 heteroatoms. The van der Waals surface area contributed by atoms with Gasteiger partial charge in [-0.2, -0.15) is 0 Å². The van der Waals surface area contributed by atoms with Crippen LogP contribution in [0.2, 0.25) is 0 Å². The zero-order valence-electron chi connectivity index (χ0n) is 37.3. The third-order valence-electron chi connectivity index (χ3n) is 11.4. The summed E-state index contributed by atoms with van der Waals surface area (Å²) in [5, 5.41) is 20.2. The van der Waals surface area contributed by atoms with E-state index < -0.39 is 6.10 Å². The smallest absolute Gasteiger partial charge is 0.308 e. The highest BCUT2D eigenvalue weighted by molar-refractivity contribution is 5.72. The third kappa shape index (κ3) is 35.7. The van der Waals surface area contributed by atoms with Gasteiger partial charge in [-0.15, -0.1) is 0 Å². The number of aliphatic hydroxyl groups excluding tert-OH is 2. The molecule has 0 bridgehead atoms. The monoisotopic (exact) mass is 782 g/mol. The fraction of sp³-hybridized carbons (Fsp3) is 0.958. The lowest BCUT2D eigenvalue weighted by atomic mass is 9.94. The molecule has 0 aliphatic rings. The van der Waals surface area contributed by atoms with Crippen molar-refractivity contribution in [2.45, 2.75) is 246 Å². The predicted octanol–water partition coefficient (Wildman–Crippen LogP) is 12.9. The van der Waals surface area contributed by atoms with Gasteiger partial charge in [0.25, 0.3) is 0 Å². The van der Waals surface area contributed by atoms with E-state index in [1.165, 1.54) is 103 Å². The van der Waals surface area contributed by atoms with E-state index in [4.69, 9.17) is 9.47 Å². The Hall–Kier alpha value is -1.18. The van der Waals surface area contributed by atoms with Gasteiger partial charge in [0.1, 0.15) is 0 Å². The Balaban J connectivity index is 4.48. The van der Waals surface area contributed by atoms with Crippen LogP contribution in [-0.4, -0.2) is 72.6 Å². The highest BCUT2D eigenvalue weighted by Gasteiger charge is 2.21. The van der Waals surface area contributed by atoms with Crippen LogP contribution in [0.25, 0.3) is 0 Å². The van der Waals surface area contributed by atoms with E-state index in [2.05, 4.69) is 32.6 Å². The molecular formula is C48H95NO6. The molecule has 2 unspecified atom stereocenters. The van der Waals surface area contributed by atoms with Crippen molar-refractivity contribution in [1.29, 1.82) is 0 Å². The van der Waals surface area contributed by atoms with Gasteiger partial charge in [0.05, 0.1) is 31.2 Å². The molecule has 0 aromatic rings. The normalized spacial score (nSPS) is 13.3. The average Bonchev–Trinajstić information content (AvgIpc) is 3.18. The first kappa shape index (κ1) is 53.8. The summed E-state index contributed by atoms with van der Waals surface area (Å²) < 4.78 is 11.6. The van der Waals surface area contributed by atoms with Crippen LogP contribution in [0, 0.1) is 11.8 Å². The summed E-state index contributed by atoms with van der Waals surface area (Å²) in [5.41, 5.74) is 0. The first-order chi connectivity index (χ1) is 26.9. The number of esters is 2. The van der Waals surface area contributed by atoms with Crippen LogP contribution in [0.3, 0.4) is 0 Å². The summed E-state index contributed by atoms with van der Waals surface area (Å²) in [6.07, 6.45) is 36.1. The van der Waals surface area contributed by atoms with Crippen molar-refractivity contribution < 1.29 is 29.3 Å². The molecular weight excluding hydrogens is 687 g/mol. The SMILES string of the molecule is CCCCCCCCC(CCCCCC)C(=O)OCCCCCCN(CCCCO)C[C@@H](O)CCCCOC(=O)C(CCCCCC)CCCCCCCC. The van der Waals surface area contributed by atoms with Gasteiger partial charge in [-0.05, 0) is 83.7 Å². The van der Waals surface area contributed by atoms with Gasteiger partial charge in [-0.25, -0.2) is 0 Å². The van der Waals surface area contributed by atoms with Gasteiger partial charge < -0.3 is 24.6 Å². The second-order valence-electron chi connectivity index (χ2n) is 16.8. The first-order valence-corrected chi connectivity index (χ1v) is 24.3. The lowest BCUT2D eigenvalue weighted by molar-refractivity contribution is -0.150. The van der Waals surface area contributed by atoms with Crippen LogP contribution in [0.15, 0.2) is 0 Å². The van der Waals surface area contributed by atoms with Crippen molar-refractivity contribution in [2.75, 3.05) is 39.5 Å². The van der Waals surface area contributed by atoms with Crippen molar-refractivity contribution in [3.63, 3.8) is 0 Å². The van der Waals surface area contributed by atoms with Crippen LogP contribution in [0.5, 0.6) is 0 Å². The van der Waals surface area contributed by atoms with Crippen molar-refractivity contribution in [3.8, 4) is 0 Å². The maximum atomic E-state index is 13.0. The molecule has 3 atom stereocenters. The minimum Gasteiger partial charge on any atom is -0.465 e. The van der Waals surface area contributed by atoms with Crippen LogP contribution >= 0.6 is 0 Å². The number of ether oxygens (including phenoxy) is 2. The van der Waals surface area contributed by atoms with Gasteiger partial charge in [-0.1, -0.05) is 169 Å². The molecule has 0 aromatic heterocycles. The van der Waals surface area contributed by atoms with Crippen LogP contribution < -0.4 is 0 Å². The quantitative estimate of drug-likeness (QED) is 0.0469. The van der Waals surface area contributed by atoms with Crippen LogP contribution in [-0.2, 0) is 19.1 Å². The number of carbonyl (C=O) groups excluding carboxylic acids is 2. The summed E-state index contributed by atoms with van der Waals surface area (Å²) in [5.74, 6) is 0.115. The number of unbranched alkanes of at least 4 members (excludes halogenated alkanes) is 21. The van der Waals surface area contributed by atoms with E-state index in [-0.39, 0.29) is 30.4 Å². The van der Waals surface area contributed by atoms with E-state index in [1.54, 1.807) is 0 Å². The van der Waals surface area contributed by atoms with Crippen LogP contribution in [0.1, 0.15) is 240 Å². The topological polar surface area (TPSA) is 96.3 Å². The lowest BCUT2D eigenvalue weighted by Gasteiger charge is -2.25. The Labute approximate surface area is 342 Å². The fourth-order valence-electron chi connectivity index (χ4n) is 7.72. The van der Waals surface area contributed by atoms with Crippen molar-refractivity contribution in [2.24, 2.45) is 11.8 Å². The van der Waals surface area contributed by atoms with E-state index in [0.717, 1.165) is 116 Å². The summed E-state index contributed by atoms with van der Waals surface area (Å²) in [7, 11) is 0. The Bertz CT molecular complexity index is 809. The largest absolute Gasteiger partial charge is 0.465 e. The number of hydrogen-bond acceptors (Lipinski definition) is 7. The highest BCUT2D eigenvalue weighted by Crippen LogP contribution is 2.22. The summed E-state index contributed by atoms with van der Waals surface area (Å²) in [4.78, 5) is 28.3. The molecule has 0 aliphatic carbocycles. The van der Waals surface area contributed by atoms with Crippen LogP contribution in [0.4, 0.5) is 0 Å². The second kappa shape index (κ2) is 42.4. The van der Waals surface area contributed by atoms with Crippen molar-refractivity contribution in [1.82, 2.24) is 4.90 Å². The number of rotatable bonds is 44. The Morgan fingerprint density at radius 3 is 1.20 bits per heavy atom. The maximum Gasteiger partial charge on any atom is 0.308 e. The molecule has 0 saturated carbocycles. The van der Waals surface area contributed by atoms with Gasteiger partial charge >= 0.3 is 11.9 Å². The van der Waals surface area contributed by atoms with Gasteiger partial charge in [0.15, 0.2) is 0 Å². The van der Waals surface area contributed by atoms with Crippen molar-refractivity contribution in [3.05, 3.63) is 0 Å². The molecule has 0 fully saturated rings. The molecule has 0 amide bonds. The molecule has 0 radical (unpaired) electrons. The molecule has 7 nitrogen and oxygen atoms in total. The number of aliphatic hydroxyl groups is 2. The number of nitrogens with zero attached hydrogens (tertiary/aromatic N) is 1. The summed E-state index contributed by atoms with van der Waals surface area (Å²) >= 11 is 0. The molecule has 328 valence electrons. The summed E-state index contributed by atoms with van der Waals surface area (Å²) in [6.45, 7) is 12.6. The number of carbonyl (C=O) groups is 2. The molecule has 0 heterocycles. The molecule has 2 N–H and O–H groups in total. The minimum absolute atomic E-state index is 0.00989. The lowest BCUT2D eigenvalue weighted by Crippen LogP contribution is -2.34. The standard InChI is InChI=1S/C48H95NO6/c1-5-9-13-17-19-25-35-44(33-23-15-11-7-3)47(52)54-41-31-22-21-28-38-49(39-29-30-40-50)43-46(51)37-27-32-42-55-48(53)45(34-24-16-12-8-4)36-26-20-18-14-10-6-2/h44-46,50-51H,5-43H2,1-4H3/t44?,45?,46-/m0/s1. The van der Waals surface area contributed by atoms with Gasteiger partial charge in [0.2, 0.25) is 0 Å². The average molecular weight is 782 g/mol. The molecule has 0 saturated heterocycles. The van der Waals surface area contributed by atoms with E-state index in [0.29, 0.717) is 26.2 Å². The molecule has 0 aromatic carbocycles. The van der Waals surface area contributed by atoms with Crippen molar-refractivity contribution >= 4 is 11.9 Å².